The zero-order valence-electron chi connectivity index (χ0n) is 12.6. The Hall–Kier alpha value is -3.22. The highest BCUT2D eigenvalue weighted by atomic mass is 16.5. The number of aromatic nitrogens is 2. The molecule has 1 aromatic heterocycles. The van der Waals surface area contributed by atoms with E-state index < -0.39 is 5.97 Å². The van der Waals surface area contributed by atoms with Crippen LogP contribution in [0.15, 0.2) is 49.1 Å². The molecular formula is C16H16N4O3. The number of nitrogens with one attached hydrogen (secondary N) is 2. The van der Waals surface area contributed by atoms with Crippen LogP contribution in [-0.4, -0.2) is 35.7 Å². The summed E-state index contributed by atoms with van der Waals surface area (Å²) < 4.78 is 4.73. The van der Waals surface area contributed by atoms with Crippen molar-refractivity contribution in [3.8, 4) is 0 Å². The molecule has 0 saturated carbocycles. The van der Waals surface area contributed by atoms with Gasteiger partial charge in [-0.05, 0) is 24.3 Å². The SMILES string of the molecule is C=CCNC(=O)c1ccc(Nc2ccccc2C(=O)OC)nn1. The second kappa shape index (κ2) is 7.69. The van der Waals surface area contributed by atoms with E-state index >= 15 is 0 Å². The fourth-order valence-corrected chi connectivity index (χ4v) is 1.79. The summed E-state index contributed by atoms with van der Waals surface area (Å²) in [4.78, 5) is 23.4. The predicted octanol–water partition coefficient (Wildman–Crippen LogP) is 1.92. The molecule has 118 valence electrons. The molecule has 2 N–H and O–H groups in total. The number of carbonyl (C=O) groups is 2. The summed E-state index contributed by atoms with van der Waals surface area (Å²) in [5.74, 6) is -0.387. The first-order valence-corrected chi connectivity index (χ1v) is 6.83. The standard InChI is InChI=1S/C16H16N4O3/c1-3-10-17-15(21)13-8-9-14(20-19-13)18-12-7-5-4-6-11(12)16(22)23-2/h3-9H,1,10H2,2H3,(H,17,21)(H,18,20). The van der Waals surface area contributed by atoms with Crippen LogP contribution in [0.2, 0.25) is 0 Å². The lowest BCUT2D eigenvalue weighted by Gasteiger charge is -2.09. The number of amides is 1. The maximum absolute atomic E-state index is 11.7. The average molecular weight is 312 g/mol. The predicted molar refractivity (Wildman–Crippen MR) is 85.6 cm³/mol. The molecule has 0 saturated heterocycles. The van der Waals surface area contributed by atoms with E-state index in [2.05, 4.69) is 27.4 Å². The number of hydrogen-bond donors (Lipinski definition) is 2. The molecule has 0 radical (unpaired) electrons. The molecular weight excluding hydrogens is 296 g/mol. The summed E-state index contributed by atoms with van der Waals surface area (Å²) in [5.41, 5.74) is 1.11. The summed E-state index contributed by atoms with van der Waals surface area (Å²) in [6.45, 7) is 3.87. The molecule has 1 amide bonds. The topological polar surface area (TPSA) is 93.2 Å². The third-order valence-corrected chi connectivity index (χ3v) is 2.90. The molecule has 0 atom stereocenters. The van der Waals surface area contributed by atoms with Gasteiger partial charge in [0.2, 0.25) is 0 Å². The first kappa shape index (κ1) is 16.2. The van der Waals surface area contributed by atoms with Crippen molar-refractivity contribution in [3.63, 3.8) is 0 Å². The van der Waals surface area contributed by atoms with Crippen molar-refractivity contribution < 1.29 is 14.3 Å². The highest BCUT2D eigenvalue weighted by Gasteiger charge is 2.12. The van der Waals surface area contributed by atoms with Gasteiger partial charge < -0.3 is 15.4 Å². The number of para-hydroxylation sites is 1. The molecule has 7 heteroatoms. The minimum absolute atomic E-state index is 0.193. The third kappa shape index (κ3) is 4.13. The van der Waals surface area contributed by atoms with Gasteiger partial charge in [-0.15, -0.1) is 16.8 Å². The van der Waals surface area contributed by atoms with Crippen molar-refractivity contribution in [2.45, 2.75) is 0 Å². The molecule has 1 heterocycles. The van der Waals surface area contributed by atoms with E-state index in [1.807, 2.05) is 0 Å². The molecule has 23 heavy (non-hydrogen) atoms. The molecule has 7 nitrogen and oxygen atoms in total. The maximum Gasteiger partial charge on any atom is 0.339 e. The van der Waals surface area contributed by atoms with Gasteiger partial charge in [0.1, 0.15) is 0 Å². The quantitative estimate of drug-likeness (QED) is 0.625. The average Bonchev–Trinajstić information content (AvgIpc) is 2.60. The van der Waals surface area contributed by atoms with Gasteiger partial charge in [0, 0.05) is 6.54 Å². The van der Waals surface area contributed by atoms with E-state index in [9.17, 15) is 9.59 Å². The first-order valence-electron chi connectivity index (χ1n) is 6.83. The normalized spacial score (nSPS) is 9.78. The lowest BCUT2D eigenvalue weighted by Crippen LogP contribution is -2.24. The Bertz CT molecular complexity index is 714. The van der Waals surface area contributed by atoms with E-state index in [0.717, 1.165) is 0 Å². The summed E-state index contributed by atoms with van der Waals surface area (Å²) in [7, 11) is 1.32. The van der Waals surface area contributed by atoms with Gasteiger partial charge in [-0.1, -0.05) is 18.2 Å². The summed E-state index contributed by atoms with van der Waals surface area (Å²) >= 11 is 0. The molecule has 0 aliphatic rings. The van der Waals surface area contributed by atoms with Crippen LogP contribution in [0.4, 0.5) is 11.5 Å². The zero-order valence-corrected chi connectivity index (χ0v) is 12.6. The Morgan fingerprint density at radius 1 is 1.22 bits per heavy atom. The highest BCUT2D eigenvalue weighted by Crippen LogP contribution is 2.19. The van der Waals surface area contributed by atoms with Crippen LogP contribution in [0.1, 0.15) is 20.8 Å². The highest BCUT2D eigenvalue weighted by molar-refractivity contribution is 5.96. The fourth-order valence-electron chi connectivity index (χ4n) is 1.79. The van der Waals surface area contributed by atoms with Crippen molar-refractivity contribution >= 4 is 23.4 Å². The Morgan fingerprint density at radius 2 is 2.00 bits per heavy atom. The van der Waals surface area contributed by atoms with Gasteiger partial charge in [-0.3, -0.25) is 4.79 Å². The van der Waals surface area contributed by atoms with Gasteiger partial charge in [-0.25, -0.2) is 4.79 Å². The Morgan fingerprint density at radius 3 is 2.65 bits per heavy atom. The number of nitrogens with zero attached hydrogens (tertiary/aromatic N) is 2. The number of hydrogen-bond acceptors (Lipinski definition) is 6. The fraction of sp³-hybridized carbons (Fsp3) is 0.125. The van der Waals surface area contributed by atoms with Crippen molar-refractivity contribution in [1.82, 2.24) is 15.5 Å². The minimum Gasteiger partial charge on any atom is -0.465 e. The minimum atomic E-state index is -0.457. The van der Waals surface area contributed by atoms with E-state index in [0.29, 0.717) is 23.6 Å². The zero-order chi connectivity index (χ0) is 16.7. The van der Waals surface area contributed by atoms with Crippen LogP contribution in [0.5, 0.6) is 0 Å². The number of esters is 1. The summed E-state index contributed by atoms with van der Waals surface area (Å²) in [5, 5.41) is 13.4. The second-order valence-corrected chi connectivity index (χ2v) is 4.46. The Kier molecular flexibility index (Phi) is 5.40. The number of carbonyl (C=O) groups excluding carboxylic acids is 2. The molecule has 2 rings (SSSR count). The Balaban J connectivity index is 2.14. The van der Waals surface area contributed by atoms with E-state index in [4.69, 9.17) is 4.74 Å². The van der Waals surface area contributed by atoms with Gasteiger partial charge in [0.25, 0.3) is 5.91 Å². The number of rotatable bonds is 6. The number of methoxy groups -OCH3 is 1. The van der Waals surface area contributed by atoms with Crippen LogP contribution < -0.4 is 10.6 Å². The van der Waals surface area contributed by atoms with Crippen LogP contribution in [0, 0.1) is 0 Å². The van der Waals surface area contributed by atoms with Crippen molar-refractivity contribution in [2.75, 3.05) is 19.0 Å². The summed E-state index contributed by atoms with van der Waals surface area (Å²) in [6, 6.07) is 10.0. The van der Waals surface area contributed by atoms with Crippen LogP contribution in [0.25, 0.3) is 0 Å². The van der Waals surface area contributed by atoms with E-state index in [1.165, 1.54) is 13.2 Å². The maximum atomic E-state index is 11.7. The smallest absolute Gasteiger partial charge is 0.339 e. The first-order chi connectivity index (χ1) is 11.2. The second-order valence-electron chi connectivity index (χ2n) is 4.46. The van der Waals surface area contributed by atoms with E-state index in [1.54, 1.807) is 36.4 Å². The van der Waals surface area contributed by atoms with Crippen molar-refractivity contribution in [2.24, 2.45) is 0 Å². The van der Waals surface area contributed by atoms with Crippen LogP contribution in [0.3, 0.4) is 0 Å². The molecule has 0 unspecified atom stereocenters. The Labute approximate surface area is 133 Å². The van der Waals surface area contributed by atoms with Gasteiger partial charge in [-0.2, -0.15) is 0 Å². The number of ether oxygens (including phenoxy) is 1. The molecule has 2 aromatic rings. The molecule has 0 bridgehead atoms. The molecule has 0 aliphatic carbocycles. The summed E-state index contributed by atoms with van der Waals surface area (Å²) in [6.07, 6.45) is 1.57. The molecule has 0 fully saturated rings. The monoisotopic (exact) mass is 312 g/mol. The van der Waals surface area contributed by atoms with Crippen molar-refractivity contribution in [3.05, 3.63) is 60.3 Å². The van der Waals surface area contributed by atoms with Crippen LogP contribution in [-0.2, 0) is 4.74 Å². The lowest BCUT2D eigenvalue weighted by molar-refractivity contribution is 0.0601. The molecule has 0 aliphatic heterocycles. The van der Waals surface area contributed by atoms with Crippen molar-refractivity contribution in [1.29, 1.82) is 0 Å². The largest absolute Gasteiger partial charge is 0.465 e. The van der Waals surface area contributed by atoms with E-state index in [-0.39, 0.29) is 11.6 Å². The third-order valence-electron chi connectivity index (χ3n) is 2.90. The number of anilines is 2. The molecule has 1 aromatic carbocycles. The molecule has 0 spiro atoms. The lowest BCUT2D eigenvalue weighted by atomic mass is 10.2. The van der Waals surface area contributed by atoms with Gasteiger partial charge in [0.05, 0.1) is 18.4 Å². The van der Waals surface area contributed by atoms with Gasteiger partial charge in [0.15, 0.2) is 11.5 Å². The van der Waals surface area contributed by atoms with Crippen LogP contribution >= 0.6 is 0 Å². The van der Waals surface area contributed by atoms with Gasteiger partial charge >= 0.3 is 5.97 Å². The number of benzene rings is 1.